The van der Waals surface area contributed by atoms with Crippen molar-refractivity contribution in [2.24, 2.45) is 0 Å². The molecule has 0 aromatic heterocycles. The van der Waals surface area contributed by atoms with Crippen LogP contribution in [-0.2, 0) is 14.3 Å². The fourth-order valence-corrected chi connectivity index (χ4v) is 0.621. The van der Waals surface area contributed by atoms with Crippen molar-refractivity contribution in [3.63, 3.8) is 0 Å². The Bertz CT molecular complexity index is 143. The summed E-state index contributed by atoms with van der Waals surface area (Å²) < 4.78 is 9.56. The minimum atomic E-state index is -0.341. The van der Waals surface area contributed by atoms with E-state index in [1.165, 1.54) is 13.2 Å². The second kappa shape index (κ2) is 5.77. The molecule has 64 valence electrons. The highest BCUT2D eigenvalue weighted by atomic mass is 16.5. The third kappa shape index (κ3) is 4.42. The molecule has 0 heterocycles. The molecular weight excluding hydrogens is 144 g/mol. The lowest BCUT2D eigenvalue weighted by Gasteiger charge is -2.01. The molecule has 0 rings (SSSR count). The number of allylic oxidation sites excluding steroid dienone is 1. The van der Waals surface area contributed by atoms with Crippen LogP contribution in [0.25, 0.3) is 0 Å². The predicted octanol–water partition coefficient (Wildman–Crippen LogP) is 1.49. The van der Waals surface area contributed by atoms with Crippen LogP contribution in [-0.4, -0.2) is 19.7 Å². The Morgan fingerprint density at radius 3 is 2.45 bits per heavy atom. The molecule has 11 heavy (non-hydrogen) atoms. The number of carbonyl (C=O) groups is 1. The lowest BCUT2D eigenvalue weighted by atomic mass is 10.3. The van der Waals surface area contributed by atoms with Crippen molar-refractivity contribution in [2.75, 3.05) is 13.7 Å². The largest absolute Gasteiger partial charge is 0.501 e. The molecule has 3 nitrogen and oxygen atoms in total. The molecule has 0 fully saturated rings. The van der Waals surface area contributed by atoms with Gasteiger partial charge in [-0.1, -0.05) is 6.92 Å². The molecule has 0 atom stereocenters. The van der Waals surface area contributed by atoms with Gasteiger partial charge in [0.15, 0.2) is 0 Å². The highest BCUT2D eigenvalue weighted by Crippen LogP contribution is 2.00. The zero-order valence-corrected chi connectivity index (χ0v) is 7.22. The lowest BCUT2D eigenvalue weighted by Crippen LogP contribution is -2.01. The minimum Gasteiger partial charge on any atom is -0.501 e. The summed E-state index contributed by atoms with van der Waals surface area (Å²) in [6, 6.07) is 0. The quantitative estimate of drug-likeness (QED) is 0.353. The van der Waals surface area contributed by atoms with Crippen LogP contribution in [0.3, 0.4) is 0 Å². The fraction of sp³-hybridized carbons (Fsp3) is 0.625. The fourth-order valence-electron chi connectivity index (χ4n) is 0.621. The molecule has 0 aliphatic carbocycles. The van der Waals surface area contributed by atoms with E-state index in [2.05, 4.69) is 4.74 Å². The van der Waals surface area contributed by atoms with Gasteiger partial charge in [0, 0.05) is 6.42 Å². The van der Waals surface area contributed by atoms with Gasteiger partial charge in [0.2, 0.25) is 0 Å². The van der Waals surface area contributed by atoms with Gasteiger partial charge in [0.05, 0.1) is 19.8 Å². The molecule has 0 radical (unpaired) electrons. The first kappa shape index (κ1) is 10.0. The van der Waals surface area contributed by atoms with E-state index in [9.17, 15) is 4.79 Å². The highest BCUT2D eigenvalue weighted by molar-refractivity contribution is 5.82. The van der Waals surface area contributed by atoms with Gasteiger partial charge >= 0.3 is 5.97 Å². The van der Waals surface area contributed by atoms with Crippen molar-refractivity contribution in [3.05, 3.63) is 11.8 Å². The van der Waals surface area contributed by atoms with Crippen LogP contribution in [0.2, 0.25) is 0 Å². The van der Waals surface area contributed by atoms with E-state index >= 15 is 0 Å². The second-order valence-corrected chi connectivity index (χ2v) is 1.92. The monoisotopic (exact) mass is 158 g/mol. The molecule has 0 unspecified atom stereocenters. The molecule has 0 N–H and O–H groups in total. The van der Waals surface area contributed by atoms with Crippen LogP contribution in [0.5, 0.6) is 0 Å². The van der Waals surface area contributed by atoms with Crippen LogP contribution in [0.15, 0.2) is 11.8 Å². The SMILES string of the molecule is CCOC(=O)/C=C(/CC)OC. The summed E-state index contributed by atoms with van der Waals surface area (Å²) in [4.78, 5) is 10.8. The van der Waals surface area contributed by atoms with Gasteiger partial charge in [0.25, 0.3) is 0 Å². The Kier molecular flexibility index (Phi) is 5.25. The van der Waals surface area contributed by atoms with Crippen molar-refractivity contribution in [1.82, 2.24) is 0 Å². The first-order chi connectivity index (χ1) is 5.24. The molecular formula is C8H14O3. The van der Waals surface area contributed by atoms with Crippen molar-refractivity contribution in [1.29, 1.82) is 0 Å². The van der Waals surface area contributed by atoms with E-state index < -0.39 is 0 Å². The number of esters is 1. The first-order valence-electron chi connectivity index (χ1n) is 3.65. The van der Waals surface area contributed by atoms with Crippen molar-refractivity contribution >= 4 is 5.97 Å². The van der Waals surface area contributed by atoms with Crippen molar-refractivity contribution in [2.45, 2.75) is 20.3 Å². The van der Waals surface area contributed by atoms with Crippen LogP contribution in [0, 0.1) is 0 Å². The smallest absolute Gasteiger partial charge is 0.334 e. The van der Waals surface area contributed by atoms with Crippen LogP contribution >= 0.6 is 0 Å². The molecule has 0 aromatic rings. The van der Waals surface area contributed by atoms with E-state index in [4.69, 9.17) is 4.74 Å². The van der Waals surface area contributed by atoms with Gasteiger partial charge < -0.3 is 9.47 Å². The van der Waals surface area contributed by atoms with Crippen molar-refractivity contribution < 1.29 is 14.3 Å². The minimum absolute atomic E-state index is 0.341. The standard InChI is InChI=1S/C8H14O3/c1-4-7(10-3)6-8(9)11-5-2/h6H,4-5H2,1-3H3/b7-6-. The van der Waals surface area contributed by atoms with E-state index in [-0.39, 0.29) is 5.97 Å². The number of methoxy groups -OCH3 is 1. The maximum absolute atomic E-state index is 10.8. The maximum Gasteiger partial charge on any atom is 0.334 e. The Morgan fingerprint density at radius 2 is 2.09 bits per heavy atom. The van der Waals surface area contributed by atoms with E-state index in [0.29, 0.717) is 18.8 Å². The van der Waals surface area contributed by atoms with Crippen LogP contribution in [0.1, 0.15) is 20.3 Å². The van der Waals surface area contributed by atoms with E-state index in [1.807, 2.05) is 6.92 Å². The number of ether oxygens (including phenoxy) is 2. The summed E-state index contributed by atoms with van der Waals surface area (Å²) in [7, 11) is 1.54. The molecule has 0 amide bonds. The van der Waals surface area contributed by atoms with E-state index in [0.717, 1.165) is 0 Å². The number of hydrogen-bond acceptors (Lipinski definition) is 3. The Morgan fingerprint density at radius 1 is 1.45 bits per heavy atom. The zero-order chi connectivity index (χ0) is 8.69. The zero-order valence-electron chi connectivity index (χ0n) is 7.22. The Balaban J connectivity index is 3.93. The average molecular weight is 158 g/mol. The van der Waals surface area contributed by atoms with Gasteiger partial charge in [0.1, 0.15) is 5.76 Å². The van der Waals surface area contributed by atoms with Crippen LogP contribution in [0.4, 0.5) is 0 Å². The highest BCUT2D eigenvalue weighted by Gasteiger charge is 1.98. The summed E-state index contributed by atoms with van der Waals surface area (Å²) in [5.74, 6) is 0.301. The van der Waals surface area contributed by atoms with Gasteiger partial charge in [-0.25, -0.2) is 4.79 Å². The van der Waals surface area contributed by atoms with Crippen molar-refractivity contribution in [3.8, 4) is 0 Å². The molecule has 0 aliphatic heterocycles. The summed E-state index contributed by atoms with van der Waals surface area (Å²) >= 11 is 0. The third-order valence-corrected chi connectivity index (χ3v) is 1.18. The number of carbonyl (C=O) groups excluding carboxylic acids is 1. The van der Waals surface area contributed by atoms with Crippen LogP contribution < -0.4 is 0 Å². The molecule has 0 bridgehead atoms. The molecule has 0 saturated heterocycles. The maximum atomic E-state index is 10.8. The first-order valence-corrected chi connectivity index (χ1v) is 3.65. The van der Waals surface area contributed by atoms with Gasteiger partial charge in [-0.2, -0.15) is 0 Å². The number of rotatable bonds is 4. The summed E-state index contributed by atoms with van der Waals surface area (Å²) in [5, 5.41) is 0. The number of hydrogen-bond donors (Lipinski definition) is 0. The lowest BCUT2D eigenvalue weighted by molar-refractivity contribution is -0.137. The Hall–Kier alpha value is -0.990. The molecule has 3 heteroatoms. The topological polar surface area (TPSA) is 35.5 Å². The van der Waals surface area contributed by atoms with E-state index in [1.54, 1.807) is 6.92 Å². The summed E-state index contributed by atoms with van der Waals surface area (Å²) in [6.07, 6.45) is 2.07. The molecule has 0 aromatic carbocycles. The van der Waals surface area contributed by atoms with Gasteiger partial charge in [-0.3, -0.25) is 0 Å². The Labute approximate surface area is 67.0 Å². The van der Waals surface area contributed by atoms with Gasteiger partial charge in [-0.05, 0) is 6.92 Å². The predicted molar refractivity (Wildman–Crippen MR) is 42.0 cm³/mol. The van der Waals surface area contributed by atoms with Gasteiger partial charge in [-0.15, -0.1) is 0 Å². The summed E-state index contributed by atoms with van der Waals surface area (Å²) in [6.45, 7) is 4.08. The third-order valence-electron chi connectivity index (χ3n) is 1.18. The molecule has 0 saturated carbocycles. The molecule has 0 spiro atoms. The molecule has 0 aliphatic rings. The summed E-state index contributed by atoms with van der Waals surface area (Å²) in [5.41, 5.74) is 0. The normalized spacial score (nSPS) is 11.0. The second-order valence-electron chi connectivity index (χ2n) is 1.92. The average Bonchev–Trinajstić information content (AvgIpc) is 2.01.